The van der Waals surface area contributed by atoms with Gasteiger partial charge in [0.1, 0.15) is 12.1 Å². The third-order valence-electron chi connectivity index (χ3n) is 4.11. The molecular weight excluding hydrogens is 489 g/mol. The molecule has 30 heavy (non-hydrogen) atoms. The highest BCUT2D eigenvalue weighted by atomic mass is 79.9. The molecule has 0 aliphatic heterocycles. The minimum Gasteiger partial charge on any atom is -0.360 e. The van der Waals surface area contributed by atoms with Crippen LogP contribution in [0, 0.1) is 0 Å². The fraction of sp³-hybridized carbons (Fsp3) is 0.176. The first-order chi connectivity index (χ1) is 14.2. The number of alkyl halides is 3. The summed E-state index contributed by atoms with van der Waals surface area (Å²) in [4.78, 5) is 20.6. The molecule has 0 fully saturated rings. The van der Waals surface area contributed by atoms with Crippen LogP contribution >= 0.6 is 27.5 Å². The molecule has 1 N–H and O–H groups in total. The number of hydrogen-bond donors (Lipinski definition) is 1. The first-order valence-corrected chi connectivity index (χ1v) is 9.59. The highest BCUT2D eigenvalue weighted by Crippen LogP contribution is 2.37. The number of halogens is 5. The van der Waals surface area contributed by atoms with Crippen molar-refractivity contribution in [2.45, 2.75) is 19.1 Å². The molecule has 0 bridgehead atoms. The van der Waals surface area contributed by atoms with Crippen molar-refractivity contribution in [2.24, 2.45) is 0 Å². The number of benzene rings is 1. The molecule has 3 heterocycles. The number of anilines is 1. The van der Waals surface area contributed by atoms with Crippen molar-refractivity contribution in [3.63, 3.8) is 0 Å². The fourth-order valence-electron chi connectivity index (χ4n) is 2.81. The van der Waals surface area contributed by atoms with Gasteiger partial charge in [0.25, 0.3) is 5.95 Å². The summed E-state index contributed by atoms with van der Waals surface area (Å²) in [6, 6.07) is 3.05. The van der Waals surface area contributed by atoms with Crippen LogP contribution in [0.4, 0.5) is 19.0 Å². The minimum absolute atomic E-state index is 0.118. The van der Waals surface area contributed by atoms with Gasteiger partial charge in [-0.1, -0.05) is 0 Å². The molecule has 0 aliphatic rings. The van der Waals surface area contributed by atoms with Gasteiger partial charge in [-0.25, -0.2) is 24.9 Å². The maximum absolute atomic E-state index is 13.3. The Morgan fingerprint density at radius 3 is 2.57 bits per heavy atom. The number of nitrogens with zero attached hydrogens (tertiary/aromatic N) is 7. The van der Waals surface area contributed by atoms with E-state index in [2.05, 4.69) is 51.3 Å². The molecule has 4 rings (SSSR count). The molecule has 0 saturated carbocycles. The van der Waals surface area contributed by atoms with Gasteiger partial charge >= 0.3 is 6.18 Å². The van der Waals surface area contributed by atoms with Gasteiger partial charge in [-0.15, -0.1) is 0 Å². The van der Waals surface area contributed by atoms with Gasteiger partial charge in [0, 0.05) is 22.3 Å². The highest BCUT2D eigenvalue weighted by Gasteiger charge is 2.32. The maximum Gasteiger partial charge on any atom is 0.416 e. The van der Waals surface area contributed by atoms with Gasteiger partial charge in [-0.05, 0) is 52.7 Å². The molecule has 0 spiro atoms. The third-order valence-corrected chi connectivity index (χ3v) is 4.88. The summed E-state index contributed by atoms with van der Waals surface area (Å²) in [7, 11) is 0. The van der Waals surface area contributed by atoms with E-state index in [1.165, 1.54) is 11.0 Å². The van der Waals surface area contributed by atoms with Crippen LogP contribution < -0.4 is 5.32 Å². The van der Waals surface area contributed by atoms with Gasteiger partial charge in [0.05, 0.1) is 17.1 Å². The van der Waals surface area contributed by atoms with Crippen LogP contribution in [0.2, 0.25) is 5.28 Å². The van der Waals surface area contributed by atoms with Gasteiger partial charge in [0.15, 0.2) is 5.82 Å². The zero-order valence-corrected chi connectivity index (χ0v) is 17.4. The molecule has 0 amide bonds. The van der Waals surface area contributed by atoms with E-state index < -0.39 is 17.8 Å². The molecule has 0 saturated heterocycles. The van der Waals surface area contributed by atoms with Crippen molar-refractivity contribution in [2.75, 3.05) is 5.32 Å². The molecule has 154 valence electrons. The van der Waals surface area contributed by atoms with Crippen molar-refractivity contribution in [3.05, 3.63) is 58.1 Å². The van der Waals surface area contributed by atoms with E-state index in [1.54, 1.807) is 25.4 Å². The minimum atomic E-state index is -4.54. The molecular formula is C17H11BrClF3N8. The van der Waals surface area contributed by atoms with Crippen molar-refractivity contribution in [1.82, 2.24) is 34.7 Å². The lowest BCUT2D eigenvalue weighted by molar-refractivity contribution is -0.137. The van der Waals surface area contributed by atoms with Gasteiger partial charge in [0.2, 0.25) is 5.28 Å². The molecule has 1 atom stereocenters. The number of aromatic nitrogens is 7. The van der Waals surface area contributed by atoms with Crippen LogP contribution in [-0.4, -0.2) is 34.7 Å². The molecule has 13 heteroatoms. The molecule has 3 aromatic heterocycles. The van der Waals surface area contributed by atoms with Crippen LogP contribution in [0.15, 0.2) is 41.4 Å². The molecule has 1 aromatic carbocycles. The summed E-state index contributed by atoms with van der Waals surface area (Å²) in [6.07, 6.45) is -0.100. The maximum atomic E-state index is 13.3. The lowest BCUT2D eigenvalue weighted by Gasteiger charge is -2.17. The molecule has 4 aromatic rings. The molecule has 1 unspecified atom stereocenters. The van der Waals surface area contributed by atoms with Crippen molar-refractivity contribution < 1.29 is 13.2 Å². The average molecular weight is 500 g/mol. The van der Waals surface area contributed by atoms with E-state index in [1.807, 2.05) is 0 Å². The van der Waals surface area contributed by atoms with Crippen LogP contribution in [0.5, 0.6) is 0 Å². The van der Waals surface area contributed by atoms with Crippen LogP contribution in [0.3, 0.4) is 0 Å². The van der Waals surface area contributed by atoms with E-state index in [4.69, 9.17) is 11.6 Å². The standard InChI is InChI=1S/C17H11BrClF3N8/c1-8(14-25-7-26-30(14)16-23-3-2-4-24-16)27-13-10-5-9(17(20,21)22)6-11(18)12(10)28-15(19)29-13/h2-8H,1H3,(H,27,28,29). The summed E-state index contributed by atoms with van der Waals surface area (Å²) in [5.74, 6) is 0.842. The number of nitrogens with one attached hydrogen (secondary N) is 1. The lowest BCUT2D eigenvalue weighted by Crippen LogP contribution is -2.16. The Hall–Kier alpha value is -2.86. The number of fused-ring (bicyclic) bond motifs is 1. The summed E-state index contributed by atoms with van der Waals surface area (Å²) >= 11 is 9.14. The Balaban J connectivity index is 1.78. The van der Waals surface area contributed by atoms with Gasteiger partial charge in [-0.3, -0.25) is 0 Å². The second-order valence-corrected chi connectivity index (χ2v) is 7.33. The Labute approximate surface area is 180 Å². The Morgan fingerprint density at radius 2 is 1.87 bits per heavy atom. The SMILES string of the molecule is CC(Nc1nc(Cl)nc2c(Br)cc(C(F)(F)F)cc12)c1ncnn1-c1ncccn1. The monoisotopic (exact) mass is 498 g/mol. The van der Waals surface area contributed by atoms with Crippen molar-refractivity contribution in [1.29, 1.82) is 0 Å². The van der Waals surface area contributed by atoms with E-state index >= 15 is 0 Å². The van der Waals surface area contributed by atoms with E-state index in [0.717, 1.165) is 12.1 Å². The van der Waals surface area contributed by atoms with Crippen LogP contribution in [0.1, 0.15) is 24.4 Å². The van der Waals surface area contributed by atoms with Crippen molar-refractivity contribution in [3.8, 4) is 5.95 Å². The van der Waals surface area contributed by atoms with E-state index in [0.29, 0.717) is 11.8 Å². The first kappa shape index (κ1) is 20.4. The first-order valence-electron chi connectivity index (χ1n) is 8.42. The van der Waals surface area contributed by atoms with Crippen LogP contribution in [0.25, 0.3) is 16.9 Å². The van der Waals surface area contributed by atoms with Crippen LogP contribution in [-0.2, 0) is 6.18 Å². The molecule has 0 aliphatic carbocycles. The normalized spacial score (nSPS) is 12.9. The summed E-state index contributed by atoms with van der Waals surface area (Å²) < 4.78 is 41.4. The second kappa shape index (κ2) is 7.76. The van der Waals surface area contributed by atoms with Gasteiger partial charge < -0.3 is 5.32 Å². The second-order valence-electron chi connectivity index (χ2n) is 6.14. The summed E-state index contributed by atoms with van der Waals surface area (Å²) in [6.45, 7) is 1.74. The van der Waals surface area contributed by atoms with E-state index in [9.17, 15) is 13.2 Å². The van der Waals surface area contributed by atoms with Gasteiger partial charge in [-0.2, -0.15) is 23.0 Å². The smallest absolute Gasteiger partial charge is 0.360 e. The highest BCUT2D eigenvalue weighted by molar-refractivity contribution is 9.10. The summed E-state index contributed by atoms with van der Waals surface area (Å²) in [5, 5.41) is 7.18. The predicted molar refractivity (Wildman–Crippen MR) is 106 cm³/mol. The quantitative estimate of drug-likeness (QED) is 0.410. The number of rotatable bonds is 4. The Bertz CT molecular complexity index is 1220. The summed E-state index contributed by atoms with van der Waals surface area (Å²) in [5.41, 5.74) is -0.602. The lowest BCUT2D eigenvalue weighted by atomic mass is 10.1. The topological polar surface area (TPSA) is 94.3 Å². The predicted octanol–water partition coefficient (Wildman–Crippen LogP) is 4.61. The molecule has 8 nitrogen and oxygen atoms in total. The fourth-order valence-corrected chi connectivity index (χ4v) is 3.52. The number of hydrogen-bond acceptors (Lipinski definition) is 7. The largest absolute Gasteiger partial charge is 0.416 e. The average Bonchev–Trinajstić information content (AvgIpc) is 3.18. The zero-order valence-electron chi connectivity index (χ0n) is 15.1. The zero-order chi connectivity index (χ0) is 21.5. The Kier molecular flexibility index (Phi) is 5.28. The molecule has 0 radical (unpaired) electrons. The van der Waals surface area contributed by atoms with E-state index in [-0.39, 0.29) is 26.5 Å². The Morgan fingerprint density at radius 1 is 1.13 bits per heavy atom. The van der Waals surface area contributed by atoms with Crippen molar-refractivity contribution >= 4 is 44.3 Å². The third kappa shape index (κ3) is 3.92.